The van der Waals surface area contributed by atoms with Gasteiger partial charge in [-0.05, 0) is 29.8 Å². The summed E-state index contributed by atoms with van der Waals surface area (Å²) in [4.78, 5) is 56.2. The Morgan fingerprint density at radius 3 is 2.00 bits per heavy atom. The lowest BCUT2D eigenvalue weighted by atomic mass is 9.77. The molecule has 9 heteroatoms. The van der Waals surface area contributed by atoms with Crippen molar-refractivity contribution in [1.82, 2.24) is 4.90 Å². The van der Waals surface area contributed by atoms with E-state index in [1.807, 2.05) is 0 Å². The molecule has 2 saturated heterocycles. The van der Waals surface area contributed by atoms with Gasteiger partial charge in [-0.15, -0.1) is 0 Å². The first-order valence-corrected chi connectivity index (χ1v) is 12.3. The Kier molecular flexibility index (Phi) is 5.36. The fraction of sp³-hybridized carbons (Fsp3) is 0.185. The summed E-state index contributed by atoms with van der Waals surface area (Å²) in [5, 5.41) is 1.08. The number of Topliss-reactive ketones (excluding diaryl/α,β-unsaturated/α-hetero) is 2. The summed E-state index contributed by atoms with van der Waals surface area (Å²) in [6, 6.07) is 17.7. The predicted octanol–water partition coefficient (Wildman–Crippen LogP) is 5.34. The van der Waals surface area contributed by atoms with Crippen molar-refractivity contribution < 1.29 is 23.9 Å². The minimum Gasteiger partial charge on any atom is -0.349 e. The van der Waals surface area contributed by atoms with Crippen LogP contribution in [-0.4, -0.2) is 33.9 Å². The number of fused-ring (bicyclic) bond motifs is 3. The SMILES string of the molecule is O=C1[C@H]2[C@@H](c3ccc(Cl)cc3Cl)OC3(C(=O)c4ccccc4C3=O)[C@@H]2C(=O)N1Cc1ccc(Cl)cc1. The lowest BCUT2D eigenvalue weighted by Gasteiger charge is -2.27. The summed E-state index contributed by atoms with van der Waals surface area (Å²) in [6.45, 7) is -0.0334. The van der Waals surface area contributed by atoms with Crippen molar-refractivity contribution in [2.75, 3.05) is 0 Å². The second kappa shape index (κ2) is 8.25. The van der Waals surface area contributed by atoms with Gasteiger partial charge < -0.3 is 4.74 Å². The van der Waals surface area contributed by atoms with Crippen molar-refractivity contribution in [3.63, 3.8) is 0 Å². The molecule has 2 aliphatic heterocycles. The molecule has 6 nitrogen and oxygen atoms in total. The second-order valence-corrected chi connectivity index (χ2v) is 10.3. The van der Waals surface area contributed by atoms with Crippen LogP contribution < -0.4 is 0 Å². The standard InChI is InChI=1S/C27H16Cl3NO5/c28-14-7-5-13(6-8-14)12-31-25(34)20-21(26(31)35)27(23(32)16-3-1-2-4-17(16)24(27)33)36-22(20)18-10-9-15(29)11-19(18)30/h1-11,20-22H,12H2/t20-,21+,22-/m1/s1. The fourth-order valence-electron chi connectivity index (χ4n) is 5.52. The van der Waals surface area contributed by atoms with Crippen LogP contribution in [0.3, 0.4) is 0 Å². The monoisotopic (exact) mass is 539 g/mol. The highest BCUT2D eigenvalue weighted by molar-refractivity contribution is 6.36. The van der Waals surface area contributed by atoms with Gasteiger partial charge in [-0.2, -0.15) is 0 Å². The van der Waals surface area contributed by atoms with Crippen LogP contribution in [0.2, 0.25) is 15.1 Å². The Hall–Kier alpha value is -3.03. The van der Waals surface area contributed by atoms with E-state index in [4.69, 9.17) is 39.5 Å². The Balaban J connectivity index is 1.49. The number of imide groups is 1. The molecule has 2 fully saturated rings. The number of amides is 2. The van der Waals surface area contributed by atoms with Gasteiger partial charge in [-0.3, -0.25) is 24.1 Å². The second-order valence-electron chi connectivity index (χ2n) is 9.04. The Bertz CT molecular complexity index is 1450. The van der Waals surface area contributed by atoms with E-state index in [0.29, 0.717) is 21.2 Å². The molecule has 2 heterocycles. The number of hydrogen-bond donors (Lipinski definition) is 0. The summed E-state index contributed by atoms with van der Waals surface area (Å²) in [5.41, 5.74) is -0.770. The average Bonchev–Trinajstić information content (AvgIpc) is 3.41. The molecule has 3 aromatic carbocycles. The first-order valence-electron chi connectivity index (χ1n) is 11.1. The van der Waals surface area contributed by atoms with Gasteiger partial charge in [0, 0.05) is 31.8 Å². The number of carbonyl (C=O) groups is 4. The summed E-state index contributed by atoms with van der Waals surface area (Å²) < 4.78 is 6.23. The number of rotatable bonds is 3. The van der Waals surface area contributed by atoms with Crippen LogP contribution >= 0.6 is 34.8 Å². The molecule has 0 saturated carbocycles. The fourth-order valence-corrected chi connectivity index (χ4v) is 6.16. The van der Waals surface area contributed by atoms with Crippen LogP contribution in [0.25, 0.3) is 0 Å². The molecule has 1 aliphatic carbocycles. The molecule has 6 rings (SSSR count). The molecule has 180 valence electrons. The van der Waals surface area contributed by atoms with Gasteiger partial charge in [-0.1, -0.05) is 77.3 Å². The smallest absolute Gasteiger partial charge is 0.237 e. The maximum atomic E-state index is 13.8. The van der Waals surface area contributed by atoms with Crippen LogP contribution in [-0.2, 0) is 20.9 Å². The van der Waals surface area contributed by atoms with E-state index in [2.05, 4.69) is 0 Å². The number of hydrogen-bond acceptors (Lipinski definition) is 5. The topological polar surface area (TPSA) is 80.8 Å². The van der Waals surface area contributed by atoms with Crippen molar-refractivity contribution in [3.8, 4) is 0 Å². The molecule has 3 atom stereocenters. The summed E-state index contributed by atoms with van der Waals surface area (Å²) >= 11 is 18.5. The molecule has 0 aromatic heterocycles. The number of benzene rings is 3. The molecule has 1 spiro atoms. The van der Waals surface area contributed by atoms with Crippen LogP contribution in [0.15, 0.2) is 66.7 Å². The van der Waals surface area contributed by atoms with Crippen molar-refractivity contribution in [3.05, 3.63) is 104 Å². The van der Waals surface area contributed by atoms with Crippen LogP contribution in [0.5, 0.6) is 0 Å². The molecule has 3 aromatic rings. The van der Waals surface area contributed by atoms with E-state index < -0.39 is 46.9 Å². The number of likely N-dealkylation sites (tertiary alicyclic amines) is 1. The minimum atomic E-state index is -2.15. The molecule has 3 aliphatic rings. The Labute approximate surface area is 220 Å². The largest absolute Gasteiger partial charge is 0.349 e. The summed E-state index contributed by atoms with van der Waals surface area (Å²) in [5.74, 6) is -4.88. The van der Waals surface area contributed by atoms with Crippen molar-refractivity contribution in [2.24, 2.45) is 11.8 Å². The number of halogens is 3. The molecule has 36 heavy (non-hydrogen) atoms. The quantitative estimate of drug-likeness (QED) is 0.331. The molecule has 2 amide bonds. The molecule has 0 radical (unpaired) electrons. The van der Waals surface area contributed by atoms with Crippen molar-refractivity contribution in [1.29, 1.82) is 0 Å². The lowest BCUT2D eigenvalue weighted by Crippen LogP contribution is -2.50. The maximum Gasteiger partial charge on any atom is 0.237 e. The highest BCUT2D eigenvalue weighted by Gasteiger charge is 2.74. The van der Waals surface area contributed by atoms with E-state index in [1.54, 1.807) is 48.5 Å². The molecular formula is C27H16Cl3NO5. The van der Waals surface area contributed by atoms with Gasteiger partial charge in [0.25, 0.3) is 0 Å². The van der Waals surface area contributed by atoms with Crippen LogP contribution in [0, 0.1) is 11.8 Å². The number of ether oxygens (including phenoxy) is 1. The van der Waals surface area contributed by atoms with E-state index in [0.717, 1.165) is 4.90 Å². The number of carbonyl (C=O) groups excluding carboxylic acids is 4. The molecule has 0 N–H and O–H groups in total. The number of ketones is 2. The normalized spacial score (nSPS) is 24.1. The van der Waals surface area contributed by atoms with Gasteiger partial charge in [0.1, 0.15) is 0 Å². The zero-order valence-electron chi connectivity index (χ0n) is 18.4. The predicted molar refractivity (Wildman–Crippen MR) is 132 cm³/mol. The third kappa shape index (κ3) is 3.15. The first kappa shape index (κ1) is 23.4. The van der Waals surface area contributed by atoms with E-state index in [9.17, 15) is 19.2 Å². The molecular weight excluding hydrogens is 525 g/mol. The minimum absolute atomic E-state index is 0.0334. The van der Waals surface area contributed by atoms with Gasteiger partial charge in [-0.25, -0.2) is 0 Å². The van der Waals surface area contributed by atoms with Crippen LogP contribution in [0.4, 0.5) is 0 Å². The zero-order valence-corrected chi connectivity index (χ0v) is 20.7. The third-order valence-corrected chi connectivity index (χ3v) is 7.95. The molecule has 0 unspecified atom stereocenters. The van der Waals surface area contributed by atoms with Gasteiger partial charge >= 0.3 is 0 Å². The van der Waals surface area contributed by atoms with Gasteiger partial charge in [0.2, 0.25) is 29.0 Å². The van der Waals surface area contributed by atoms with Crippen molar-refractivity contribution in [2.45, 2.75) is 18.2 Å². The maximum absolute atomic E-state index is 13.8. The Morgan fingerprint density at radius 2 is 1.39 bits per heavy atom. The first-order chi connectivity index (χ1) is 17.2. The average molecular weight is 541 g/mol. The van der Waals surface area contributed by atoms with E-state index in [-0.39, 0.29) is 22.7 Å². The zero-order chi connectivity index (χ0) is 25.4. The van der Waals surface area contributed by atoms with Gasteiger partial charge in [0.05, 0.1) is 24.5 Å². The lowest BCUT2D eigenvalue weighted by molar-refractivity contribution is -0.145. The van der Waals surface area contributed by atoms with Gasteiger partial charge in [0.15, 0.2) is 0 Å². The van der Waals surface area contributed by atoms with Crippen LogP contribution in [0.1, 0.15) is 37.9 Å². The third-order valence-electron chi connectivity index (χ3n) is 7.13. The van der Waals surface area contributed by atoms with E-state index >= 15 is 0 Å². The summed E-state index contributed by atoms with van der Waals surface area (Å²) in [6.07, 6.45) is -1.10. The number of nitrogens with zero attached hydrogens (tertiary/aromatic N) is 1. The highest BCUT2D eigenvalue weighted by atomic mass is 35.5. The van der Waals surface area contributed by atoms with Crippen molar-refractivity contribution >= 4 is 58.2 Å². The highest BCUT2D eigenvalue weighted by Crippen LogP contribution is 2.58. The summed E-state index contributed by atoms with van der Waals surface area (Å²) in [7, 11) is 0. The Morgan fingerprint density at radius 1 is 0.778 bits per heavy atom. The molecule has 0 bridgehead atoms. The van der Waals surface area contributed by atoms with E-state index in [1.165, 1.54) is 18.2 Å².